The lowest BCUT2D eigenvalue weighted by molar-refractivity contribution is -0.115. The third kappa shape index (κ3) is 3.46. The van der Waals surface area contributed by atoms with Gasteiger partial charge in [0.1, 0.15) is 13.2 Å². The van der Waals surface area contributed by atoms with Crippen LogP contribution in [0.25, 0.3) is 0 Å². The van der Waals surface area contributed by atoms with E-state index in [9.17, 15) is 9.59 Å². The molecule has 0 fully saturated rings. The second-order valence-corrected chi connectivity index (χ2v) is 5.38. The van der Waals surface area contributed by atoms with Crippen LogP contribution in [0.2, 0.25) is 0 Å². The number of rotatable bonds is 4. The van der Waals surface area contributed by atoms with E-state index in [0.717, 1.165) is 0 Å². The fraction of sp³-hybridized carbons (Fsp3) is 0.176. The molecule has 0 radical (unpaired) electrons. The summed E-state index contributed by atoms with van der Waals surface area (Å²) in [5, 5.41) is 1.31. The molecule has 1 aliphatic rings. The Kier molecular flexibility index (Phi) is 4.48. The first-order chi connectivity index (χ1) is 11.1. The van der Waals surface area contributed by atoms with Crippen molar-refractivity contribution in [3.05, 3.63) is 54.1 Å². The molecule has 6 heteroatoms. The molecule has 1 N–H and O–H groups in total. The molecule has 0 aromatic heterocycles. The van der Waals surface area contributed by atoms with E-state index in [0.29, 0.717) is 36.0 Å². The Balaban J connectivity index is 1.70. The zero-order valence-corrected chi connectivity index (χ0v) is 12.9. The van der Waals surface area contributed by atoms with E-state index in [2.05, 4.69) is 5.32 Å². The number of halogens is 1. The predicted molar refractivity (Wildman–Crippen MR) is 86.5 cm³/mol. The molecule has 118 valence electrons. The number of ether oxygens (including phenoxy) is 2. The molecule has 0 saturated heterocycles. The summed E-state index contributed by atoms with van der Waals surface area (Å²) in [4.78, 5) is 24.3. The minimum absolute atomic E-state index is 0.393. The maximum Gasteiger partial charge on any atom is 0.250 e. The highest BCUT2D eigenvalue weighted by atomic mass is 35.5. The Bertz CT molecular complexity index is 733. The number of anilines is 1. The summed E-state index contributed by atoms with van der Waals surface area (Å²) in [6, 6.07) is 13.5. The molecular formula is C17H14ClNO4. The predicted octanol–water partition coefficient (Wildman–Crippen LogP) is 2.89. The number of alkyl halides is 1. The maximum atomic E-state index is 12.2. The fourth-order valence-corrected chi connectivity index (χ4v) is 2.38. The standard InChI is InChI=1S/C17H14ClNO4/c18-15(16(20)11-4-2-1-3-5-11)17(21)19-12-6-7-13-14(10-12)23-9-8-22-13/h1-7,10,15H,8-9H2,(H,19,21). The van der Waals surface area contributed by atoms with Crippen LogP contribution in [0.3, 0.4) is 0 Å². The van der Waals surface area contributed by atoms with Crippen molar-refractivity contribution in [2.45, 2.75) is 5.38 Å². The molecular weight excluding hydrogens is 318 g/mol. The van der Waals surface area contributed by atoms with Crippen LogP contribution in [0.4, 0.5) is 5.69 Å². The smallest absolute Gasteiger partial charge is 0.250 e. The Labute approximate surface area is 138 Å². The van der Waals surface area contributed by atoms with Gasteiger partial charge in [-0.2, -0.15) is 0 Å². The molecule has 1 heterocycles. The van der Waals surface area contributed by atoms with Crippen molar-refractivity contribution in [1.82, 2.24) is 0 Å². The molecule has 1 unspecified atom stereocenters. The average molecular weight is 332 g/mol. The first kappa shape index (κ1) is 15.4. The highest BCUT2D eigenvalue weighted by molar-refractivity contribution is 6.45. The summed E-state index contributed by atoms with van der Waals surface area (Å²) >= 11 is 5.99. The number of carbonyl (C=O) groups excluding carboxylic acids is 2. The summed E-state index contributed by atoms with van der Waals surface area (Å²) in [6.07, 6.45) is 0. The molecule has 5 nitrogen and oxygen atoms in total. The summed E-state index contributed by atoms with van der Waals surface area (Å²) in [7, 11) is 0. The molecule has 3 rings (SSSR count). The van der Waals surface area contributed by atoms with Crippen molar-refractivity contribution in [3.8, 4) is 11.5 Å². The minimum Gasteiger partial charge on any atom is -0.486 e. The fourth-order valence-electron chi connectivity index (χ4n) is 2.19. The lowest BCUT2D eigenvalue weighted by Crippen LogP contribution is -2.30. The van der Waals surface area contributed by atoms with Crippen LogP contribution in [-0.4, -0.2) is 30.3 Å². The summed E-state index contributed by atoms with van der Waals surface area (Å²) in [5.41, 5.74) is 0.885. The number of nitrogens with one attached hydrogen (secondary N) is 1. The first-order valence-electron chi connectivity index (χ1n) is 7.09. The van der Waals surface area contributed by atoms with Crippen molar-refractivity contribution in [3.63, 3.8) is 0 Å². The largest absolute Gasteiger partial charge is 0.486 e. The molecule has 0 bridgehead atoms. The minimum atomic E-state index is -1.30. The van der Waals surface area contributed by atoms with Crippen LogP contribution in [0.1, 0.15) is 10.4 Å². The van der Waals surface area contributed by atoms with Gasteiger partial charge in [-0.25, -0.2) is 0 Å². The number of carbonyl (C=O) groups is 2. The molecule has 1 atom stereocenters. The van der Waals surface area contributed by atoms with E-state index in [1.165, 1.54) is 0 Å². The quantitative estimate of drug-likeness (QED) is 0.531. The number of hydrogen-bond donors (Lipinski definition) is 1. The van der Waals surface area contributed by atoms with E-state index in [1.54, 1.807) is 48.5 Å². The highest BCUT2D eigenvalue weighted by Gasteiger charge is 2.25. The normalized spacial score (nSPS) is 14.0. The van der Waals surface area contributed by atoms with Crippen molar-refractivity contribution >= 4 is 29.0 Å². The maximum absolute atomic E-state index is 12.2. The van der Waals surface area contributed by atoms with Gasteiger partial charge in [-0.1, -0.05) is 30.3 Å². The molecule has 1 aliphatic heterocycles. The molecule has 0 saturated carbocycles. The Hall–Kier alpha value is -2.53. The molecule has 2 aromatic rings. The van der Waals surface area contributed by atoms with Crippen molar-refractivity contribution < 1.29 is 19.1 Å². The Morgan fingerprint density at radius 2 is 1.70 bits per heavy atom. The van der Waals surface area contributed by atoms with Crippen LogP contribution in [0, 0.1) is 0 Å². The lowest BCUT2D eigenvalue weighted by Gasteiger charge is -2.19. The number of ketones is 1. The monoisotopic (exact) mass is 331 g/mol. The van der Waals surface area contributed by atoms with E-state index in [1.807, 2.05) is 0 Å². The zero-order chi connectivity index (χ0) is 16.2. The molecule has 23 heavy (non-hydrogen) atoms. The van der Waals surface area contributed by atoms with Crippen LogP contribution < -0.4 is 14.8 Å². The number of hydrogen-bond acceptors (Lipinski definition) is 4. The first-order valence-corrected chi connectivity index (χ1v) is 7.52. The van der Waals surface area contributed by atoms with Crippen LogP contribution in [-0.2, 0) is 4.79 Å². The van der Waals surface area contributed by atoms with Crippen molar-refractivity contribution in [2.75, 3.05) is 18.5 Å². The van der Waals surface area contributed by atoms with Gasteiger partial charge in [0.05, 0.1) is 0 Å². The third-order valence-electron chi connectivity index (χ3n) is 3.33. The van der Waals surface area contributed by atoms with Gasteiger partial charge in [0.2, 0.25) is 5.91 Å². The summed E-state index contributed by atoms with van der Waals surface area (Å²) < 4.78 is 10.9. The topological polar surface area (TPSA) is 64.6 Å². The van der Waals surface area contributed by atoms with Gasteiger partial charge < -0.3 is 14.8 Å². The van der Waals surface area contributed by atoms with Gasteiger partial charge in [-0.05, 0) is 12.1 Å². The summed E-state index contributed by atoms with van der Waals surface area (Å²) in [5.74, 6) is 0.145. The average Bonchev–Trinajstić information content (AvgIpc) is 2.61. The van der Waals surface area contributed by atoms with E-state index in [4.69, 9.17) is 21.1 Å². The second kappa shape index (κ2) is 6.71. The van der Waals surface area contributed by atoms with Gasteiger partial charge in [0.15, 0.2) is 22.7 Å². The van der Waals surface area contributed by atoms with Crippen LogP contribution in [0.15, 0.2) is 48.5 Å². The molecule has 0 aliphatic carbocycles. The van der Waals surface area contributed by atoms with E-state index in [-0.39, 0.29) is 0 Å². The Morgan fingerprint density at radius 1 is 1.00 bits per heavy atom. The van der Waals surface area contributed by atoms with Crippen LogP contribution in [0.5, 0.6) is 11.5 Å². The number of amides is 1. The SMILES string of the molecule is O=C(Nc1ccc2c(c1)OCCO2)C(Cl)C(=O)c1ccccc1. The molecule has 1 amide bonds. The zero-order valence-electron chi connectivity index (χ0n) is 12.1. The molecule has 2 aromatic carbocycles. The van der Waals surface area contributed by atoms with Gasteiger partial charge in [-0.3, -0.25) is 9.59 Å². The lowest BCUT2D eigenvalue weighted by atomic mass is 10.1. The third-order valence-corrected chi connectivity index (χ3v) is 3.72. The second-order valence-electron chi connectivity index (χ2n) is 4.94. The van der Waals surface area contributed by atoms with Gasteiger partial charge in [0.25, 0.3) is 0 Å². The number of fused-ring (bicyclic) bond motifs is 1. The van der Waals surface area contributed by atoms with Crippen molar-refractivity contribution in [1.29, 1.82) is 0 Å². The van der Waals surface area contributed by atoms with Crippen molar-refractivity contribution in [2.24, 2.45) is 0 Å². The number of Topliss-reactive ketones (excluding diaryl/α,β-unsaturated/α-hetero) is 1. The van der Waals surface area contributed by atoms with Gasteiger partial charge in [-0.15, -0.1) is 11.6 Å². The number of benzene rings is 2. The van der Waals surface area contributed by atoms with Crippen LogP contribution >= 0.6 is 11.6 Å². The van der Waals surface area contributed by atoms with E-state index < -0.39 is 17.1 Å². The Morgan fingerprint density at radius 3 is 2.43 bits per heavy atom. The van der Waals surface area contributed by atoms with Gasteiger partial charge >= 0.3 is 0 Å². The van der Waals surface area contributed by atoms with Gasteiger partial charge in [0, 0.05) is 17.3 Å². The van der Waals surface area contributed by atoms with E-state index >= 15 is 0 Å². The summed E-state index contributed by atoms with van der Waals surface area (Å²) in [6.45, 7) is 0.947. The highest BCUT2D eigenvalue weighted by Crippen LogP contribution is 2.32. The molecule has 0 spiro atoms.